The number of carboxylic acid groups (broad SMARTS) is 1. The third kappa shape index (κ3) is 6.72. The number of ether oxygens (including phenoxy) is 1. The molecule has 206 valence electrons. The summed E-state index contributed by atoms with van der Waals surface area (Å²) in [5.74, 6) is -0.399. The monoisotopic (exact) mass is 533 g/mol. The minimum Gasteiger partial charge on any atom is -0.480 e. The molecule has 1 aromatic carbocycles. The van der Waals surface area contributed by atoms with Gasteiger partial charge in [-0.05, 0) is 44.7 Å². The van der Waals surface area contributed by atoms with Crippen LogP contribution in [0.5, 0.6) is 0 Å². The highest BCUT2D eigenvalue weighted by molar-refractivity contribution is 5.69. The first kappa shape index (κ1) is 26.6. The fourth-order valence-corrected chi connectivity index (χ4v) is 5.05. The first-order chi connectivity index (χ1) is 18.6. The van der Waals surface area contributed by atoms with Crippen LogP contribution in [-0.4, -0.2) is 84.5 Å². The van der Waals surface area contributed by atoms with Gasteiger partial charge < -0.3 is 20.1 Å². The molecule has 0 radical (unpaired) electrons. The highest BCUT2D eigenvalue weighted by Gasteiger charge is 2.27. The third-order valence-electron chi connectivity index (χ3n) is 6.88. The number of amides is 1. The Bertz CT molecular complexity index is 1300. The first-order valence-corrected chi connectivity index (χ1v) is 13.3. The van der Waals surface area contributed by atoms with Crippen molar-refractivity contribution < 1.29 is 19.4 Å². The number of carboxylic acids is 1. The SMILES string of the molecule is CC(C)(C)OC(=O)N1CCN(Cc2nn(CC(=O)O)cc2-c2cnc(NC3Cc4ccccc4C3)nc2)CC1. The second-order valence-electron chi connectivity index (χ2n) is 11.1. The van der Waals surface area contributed by atoms with E-state index in [1.165, 1.54) is 15.8 Å². The zero-order valence-corrected chi connectivity index (χ0v) is 22.6. The summed E-state index contributed by atoms with van der Waals surface area (Å²) in [5, 5.41) is 17.3. The number of fused-ring (bicyclic) bond motifs is 1. The Balaban J connectivity index is 1.25. The van der Waals surface area contributed by atoms with E-state index < -0.39 is 11.6 Å². The summed E-state index contributed by atoms with van der Waals surface area (Å²) in [7, 11) is 0. The number of anilines is 1. The van der Waals surface area contributed by atoms with Crippen LogP contribution >= 0.6 is 0 Å². The minimum atomic E-state index is -0.963. The van der Waals surface area contributed by atoms with Gasteiger partial charge in [-0.2, -0.15) is 5.10 Å². The van der Waals surface area contributed by atoms with E-state index in [-0.39, 0.29) is 18.7 Å². The second kappa shape index (κ2) is 11.0. The van der Waals surface area contributed by atoms with Gasteiger partial charge in [0, 0.05) is 68.5 Å². The molecule has 2 N–H and O–H groups in total. The minimum absolute atomic E-state index is 0.234. The Morgan fingerprint density at radius 2 is 1.69 bits per heavy atom. The maximum atomic E-state index is 12.4. The van der Waals surface area contributed by atoms with Gasteiger partial charge >= 0.3 is 12.1 Å². The number of carbonyl (C=O) groups is 2. The van der Waals surface area contributed by atoms with E-state index in [0.29, 0.717) is 38.7 Å². The topological polar surface area (TPSA) is 126 Å². The fourth-order valence-electron chi connectivity index (χ4n) is 5.05. The van der Waals surface area contributed by atoms with Crippen molar-refractivity contribution in [3.05, 3.63) is 59.7 Å². The molecule has 0 spiro atoms. The second-order valence-corrected chi connectivity index (χ2v) is 11.1. The van der Waals surface area contributed by atoms with Crippen molar-refractivity contribution in [3.63, 3.8) is 0 Å². The van der Waals surface area contributed by atoms with Crippen molar-refractivity contribution in [2.24, 2.45) is 0 Å². The van der Waals surface area contributed by atoms with E-state index in [1.54, 1.807) is 23.5 Å². The molecule has 0 atom stereocenters. The largest absolute Gasteiger partial charge is 0.480 e. The van der Waals surface area contributed by atoms with Gasteiger partial charge in [-0.1, -0.05) is 24.3 Å². The molecule has 0 unspecified atom stereocenters. The molecule has 39 heavy (non-hydrogen) atoms. The molecule has 3 aromatic rings. The summed E-state index contributed by atoms with van der Waals surface area (Å²) in [6, 6.07) is 8.70. The van der Waals surface area contributed by atoms with Crippen molar-refractivity contribution in [3.8, 4) is 11.1 Å². The molecule has 1 saturated heterocycles. The number of carbonyl (C=O) groups excluding carboxylic acids is 1. The molecule has 1 aliphatic carbocycles. The third-order valence-corrected chi connectivity index (χ3v) is 6.88. The van der Waals surface area contributed by atoms with Crippen LogP contribution in [0.25, 0.3) is 11.1 Å². The van der Waals surface area contributed by atoms with Gasteiger partial charge in [0.25, 0.3) is 0 Å². The number of hydrogen-bond donors (Lipinski definition) is 2. The lowest BCUT2D eigenvalue weighted by Gasteiger charge is -2.35. The summed E-state index contributed by atoms with van der Waals surface area (Å²) in [6.07, 6.45) is 6.82. The van der Waals surface area contributed by atoms with Crippen molar-refractivity contribution in [1.29, 1.82) is 0 Å². The van der Waals surface area contributed by atoms with Crippen molar-refractivity contribution in [1.82, 2.24) is 29.5 Å². The maximum absolute atomic E-state index is 12.4. The van der Waals surface area contributed by atoms with E-state index in [1.807, 2.05) is 20.8 Å². The zero-order valence-electron chi connectivity index (χ0n) is 22.6. The van der Waals surface area contributed by atoms with Crippen LogP contribution in [0, 0.1) is 0 Å². The molecular formula is C28H35N7O4. The number of nitrogens with zero attached hydrogens (tertiary/aromatic N) is 6. The molecule has 11 heteroatoms. The Morgan fingerprint density at radius 1 is 1.05 bits per heavy atom. The van der Waals surface area contributed by atoms with Crippen molar-refractivity contribution in [2.75, 3.05) is 31.5 Å². The predicted octanol–water partition coefficient (Wildman–Crippen LogP) is 3.06. The zero-order chi connectivity index (χ0) is 27.6. The predicted molar refractivity (Wildman–Crippen MR) is 145 cm³/mol. The summed E-state index contributed by atoms with van der Waals surface area (Å²) in [4.78, 5) is 36.8. The number of benzene rings is 1. The number of aromatic nitrogens is 4. The number of nitrogens with one attached hydrogen (secondary N) is 1. The van der Waals surface area contributed by atoms with Gasteiger partial charge in [0.2, 0.25) is 5.95 Å². The summed E-state index contributed by atoms with van der Waals surface area (Å²) >= 11 is 0. The molecule has 1 aliphatic heterocycles. The van der Waals surface area contributed by atoms with Crippen LogP contribution in [0.15, 0.2) is 42.9 Å². The van der Waals surface area contributed by atoms with Crippen LogP contribution in [-0.2, 0) is 35.5 Å². The average Bonchev–Trinajstić information content (AvgIpc) is 3.46. The standard InChI is InChI=1S/C28H35N7O4/c1-28(2,3)39-27(38)34-10-8-33(9-11-34)17-24-23(16-35(32-24)18-25(36)37)21-14-29-26(30-15-21)31-22-12-19-6-4-5-7-20(19)13-22/h4-7,14-16,22H,8-13,17-18H2,1-3H3,(H,36,37)(H,29,30,31). The van der Waals surface area contributed by atoms with Crippen LogP contribution < -0.4 is 5.32 Å². The highest BCUT2D eigenvalue weighted by Crippen LogP contribution is 2.26. The Kier molecular flexibility index (Phi) is 7.51. The lowest BCUT2D eigenvalue weighted by Crippen LogP contribution is -2.49. The van der Waals surface area contributed by atoms with Gasteiger partial charge in [0.15, 0.2) is 0 Å². The molecule has 5 rings (SSSR count). The number of piperazine rings is 1. The Labute approximate surface area is 227 Å². The van der Waals surface area contributed by atoms with Gasteiger partial charge in [-0.3, -0.25) is 14.4 Å². The summed E-state index contributed by atoms with van der Waals surface area (Å²) in [6.45, 7) is 8.28. The molecule has 3 heterocycles. The summed E-state index contributed by atoms with van der Waals surface area (Å²) in [5.41, 5.74) is 4.50. The Morgan fingerprint density at radius 3 is 2.28 bits per heavy atom. The number of hydrogen-bond acceptors (Lipinski definition) is 8. The molecule has 1 fully saturated rings. The molecular weight excluding hydrogens is 498 g/mol. The average molecular weight is 534 g/mol. The highest BCUT2D eigenvalue weighted by atomic mass is 16.6. The van der Waals surface area contributed by atoms with E-state index in [2.05, 4.69) is 49.5 Å². The van der Waals surface area contributed by atoms with Gasteiger partial charge in [-0.15, -0.1) is 0 Å². The molecule has 0 bridgehead atoms. The molecule has 2 aliphatic rings. The van der Waals surface area contributed by atoms with E-state index >= 15 is 0 Å². The van der Waals surface area contributed by atoms with Gasteiger partial charge in [0.05, 0.1) is 5.69 Å². The lowest BCUT2D eigenvalue weighted by molar-refractivity contribution is -0.137. The van der Waals surface area contributed by atoms with E-state index in [0.717, 1.165) is 29.7 Å². The molecule has 11 nitrogen and oxygen atoms in total. The first-order valence-electron chi connectivity index (χ1n) is 13.3. The van der Waals surface area contributed by atoms with Crippen molar-refractivity contribution in [2.45, 2.75) is 58.3 Å². The van der Waals surface area contributed by atoms with Crippen LogP contribution in [0.3, 0.4) is 0 Å². The normalized spacial score (nSPS) is 16.2. The van der Waals surface area contributed by atoms with Gasteiger partial charge in [-0.25, -0.2) is 14.8 Å². The quantitative estimate of drug-likeness (QED) is 0.471. The molecule has 2 aromatic heterocycles. The lowest BCUT2D eigenvalue weighted by atomic mass is 10.1. The van der Waals surface area contributed by atoms with Crippen LogP contribution in [0.1, 0.15) is 37.6 Å². The van der Waals surface area contributed by atoms with Crippen molar-refractivity contribution >= 4 is 18.0 Å². The smallest absolute Gasteiger partial charge is 0.410 e. The van der Waals surface area contributed by atoms with Crippen LogP contribution in [0.2, 0.25) is 0 Å². The molecule has 1 amide bonds. The fraction of sp³-hybridized carbons (Fsp3) is 0.464. The van der Waals surface area contributed by atoms with E-state index in [9.17, 15) is 14.7 Å². The summed E-state index contributed by atoms with van der Waals surface area (Å²) < 4.78 is 6.93. The van der Waals surface area contributed by atoms with Gasteiger partial charge in [0.1, 0.15) is 12.1 Å². The van der Waals surface area contributed by atoms with Crippen LogP contribution in [0.4, 0.5) is 10.7 Å². The molecule has 0 saturated carbocycles. The Hall–Kier alpha value is -3.99. The number of aliphatic carboxylic acids is 1. The maximum Gasteiger partial charge on any atom is 0.410 e. The van der Waals surface area contributed by atoms with E-state index in [4.69, 9.17) is 4.74 Å². The number of rotatable bonds is 7.